The molecule has 3 rings (SSSR count). The van der Waals surface area contributed by atoms with Gasteiger partial charge in [0.05, 0.1) is 0 Å². The van der Waals surface area contributed by atoms with E-state index in [1.54, 1.807) is 0 Å². The summed E-state index contributed by atoms with van der Waals surface area (Å²) in [4.78, 5) is 0. The van der Waals surface area contributed by atoms with E-state index >= 15 is 0 Å². The van der Waals surface area contributed by atoms with Crippen molar-refractivity contribution in [1.29, 1.82) is 0 Å². The molecule has 1 aromatic heterocycles. The van der Waals surface area contributed by atoms with Crippen molar-refractivity contribution >= 4 is 23.6 Å². The van der Waals surface area contributed by atoms with E-state index in [-0.39, 0.29) is 0 Å². The zero-order valence-corrected chi connectivity index (χ0v) is 9.21. The molecule has 0 spiro atoms. The predicted molar refractivity (Wildman–Crippen MR) is 64.6 cm³/mol. The smallest absolute Gasteiger partial charge is 0.162 e. The maximum Gasteiger partial charge on any atom is 0.162 e. The summed E-state index contributed by atoms with van der Waals surface area (Å²) in [6.45, 7) is 0. The highest BCUT2D eigenvalue weighted by Crippen LogP contribution is 2.39. The first kappa shape index (κ1) is 9.10. The third-order valence-electron chi connectivity index (χ3n) is 3.00. The molecule has 0 amide bonds. The third kappa shape index (κ3) is 1.40. The van der Waals surface area contributed by atoms with Crippen molar-refractivity contribution < 1.29 is 4.42 Å². The second kappa shape index (κ2) is 3.46. The average molecular weight is 216 g/mol. The zero-order valence-electron chi connectivity index (χ0n) is 8.31. The fourth-order valence-corrected chi connectivity index (χ4v) is 2.67. The number of furan rings is 1. The van der Waals surface area contributed by atoms with E-state index < -0.39 is 0 Å². The molecule has 2 aromatic rings. The molecule has 76 valence electrons. The molecule has 1 aliphatic carbocycles. The van der Waals surface area contributed by atoms with Crippen LogP contribution in [0.3, 0.4) is 0 Å². The van der Waals surface area contributed by atoms with Gasteiger partial charge in [-0.1, -0.05) is 30.4 Å². The Kier molecular flexibility index (Phi) is 2.10. The monoisotopic (exact) mass is 216 g/mol. The van der Waals surface area contributed by atoms with Gasteiger partial charge in [-0.15, -0.1) is 12.6 Å². The summed E-state index contributed by atoms with van der Waals surface area (Å²) in [5, 5.41) is 1.98. The summed E-state index contributed by atoms with van der Waals surface area (Å²) in [7, 11) is 0. The lowest BCUT2D eigenvalue weighted by Gasteiger charge is -2.05. The van der Waals surface area contributed by atoms with E-state index in [2.05, 4.69) is 30.8 Å². The number of benzene rings is 1. The second-order valence-electron chi connectivity index (χ2n) is 3.93. The van der Waals surface area contributed by atoms with Gasteiger partial charge in [-0.3, -0.25) is 0 Å². The summed E-state index contributed by atoms with van der Waals surface area (Å²) in [6, 6.07) is 8.15. The molecule has 0 fully saturated rings. The van der Waals surface area contributed by atoms with Gasteiger partial charge in [0.25, 0.3) is 0 Å². The zero-order chi connectivity index (χ0) is 10.3. The molecule has 1 atom stereocenters. The Morgan fingerprint density at radius 1 is 1.27 bits per heavy atom. The fourth-order valence-electron chi connectivity index (χ4n) is 2.28. The van der Waals surface area contributed by atoms with Gasteiger partial charge >= 0.3 is 0 Å². The molecular formula is C13H12OS. The minimum Gasteiger partial charge on any atom is -0.450 e. The molecule has 0 bridgehead atoms. The quantitative estimate of drug-likeness (QED) is 0.558. The van der Waals surface area contributed by atoms with E-state index in [0.717, 1.165) is 17.1 Å². The number of hydrogen-bond donors (Lipinski definition) is 1. The van der Waals surface area contributed by atoms with Crippen LogP contribution in [0.4, 0.5) is 0 Å². The van der Waals surface area contributed by atoms with Crippen LogP contribution in [0, 0.1) is 0 Å². The van der Waals surface area contributed by atoms with Crippen LogP contribution in [0.5, 0.6) is 0 Å². The van der Waals surface area contributed by atoms with E-state index in [4.69, 9.17) is 4.42 Å². The van der Waals surface area contributed by atoms with Crippen LogP contribution >= 0.6 is 12.6 Å². The van der Waals surface area contributed by atoms with Crippen molar-refractivity contribution in [2.45, 2.75) is 23.9 Å². The minimum absolute atomic E-state index is 0.487. The Bertz CT molecular complexity index is 524. The van der Waals surface area contributed by atoms with Gasteiger partial charge in [0, 0.05) is 16.9 Å². The van der Waals surface area contributed by atoms with Crippen molar-refractivity contribution in [2.75, 3.05) is 0 Å². The molecule has 0 aliphatic heterocycles. The van der Waals surface area contributed by atoms with Crippen molar-refractivity contribution in [3.05, 3.63) is 42.0 Å². The summed E-state index contributed by atoms with van der Waals surface area (Å²) < 4.78 is 5.64. The minimum atomic E-state index is 0.487. The van der Waals surface area contributed by atoms with Gasteiger partial charge in [0.15, 0.2) is 5.09 Å². The number of rotatable bonds is 1. The van der Waals surface area contributed by atoms with Crippen molar-refractivity contribution in [3.63, 3.8) is 0 Å². The largest absolute Gasteiger partial charge is 0.450 e. The molecular weight excluding hydrogens is 204 g/mol. The first-order valence-corrected chi connectivity index (χ1v) is 5.68. The SMILES string of the molecule is Sc1oc2ccccc2c1C1C=CCC1. The van der Waals surface area contributed by atoms with Crippen LogP contribution in [0.25, 0.3) is 11.0 Å². The Morgan fingerprint density at radius 2 is 2.13 bits per heavy atom. The average Bonchev–Trinajstić information content (AvgIpc) is 2.82. The summed E-state index contributed by atoms with van der Waals surface area (Å²) in [6.07, 6.45) is 6.84. The van der Waals surface area contributed by atoms with Gasteiger partial charge < -0.3 is 4.42 Å². The maximum absolute atomic E-state index is 5.64. The highest BCUT2D eigenvalue weighted by Gasteiger charge is 2.20. The number of thiol groups is 1. The third-order valence-corrected chi connectivity index (χ3v) is 3.33. The molecule has 0 N–H and O–H groups in total. The Morgan fingerprint density at radius 3 is 2.93 bits per heavy atom. The molecule has 1 unspecified atom stereocenters. The molecule has 1 heterocycles. The van der Waals surface area contributed by atoms with Crippen LogP contribution in [-0.2, 0) is 0 Å². The topological polar surface area (TPSA) is 13.1 Å². The van der Waals surface area contributed by atoms with Gasteiger partial charge in [0.2, 0.25) is 0 Å². The summed E-state index contributed by atoms with van der Waals surface area (Å²) >= 11 is 4.43. The Hall–Kier alpha value is -1.15. The van der Waals surface area contributed by atoms with Crippen molar-refractivity contribution in [1.82, 2.24) is 0 Å². The predicted octanol–water partition coefficient (Wildman–Crippen LogP) is 4.16. The number of hydrogen-bond acceptors (Lipinski definition) is 2. The second-order valence-corrected chi connectivity index (χ2v) is 4.34. The first-order valence-electron chi connectivity index (χ1n) is 5.23. The van der Waals surface area contributed by atoms with E-state index in [1.807, 2.05) is 18.2 Å². The van der Waals surface area contributed by atoms with Crippen molar-refractivity contribution in [3.8, 4) is 0 Å². The summed E-state index contributed by atoms with van der Waals surface area (Å²) in [5.41, 5.74) is 2.19. The molecule has 2 heteroatoms. The van der Waals surface area contributed by atoms with E-state index in [9.17, 15) is 0 Å². The first-order chi connectivity index (χ1) is 7.36. The Labute approximate surface area is 94.2 Å². The lowest BCUT2D eigenvalue weighted by molar-refractivity contribution is 0.504. The molecule has 0 saturated carbocycles. The molecule has 0 saturated heterocycles. The highest BCUT2D eigenvalue weighted by atomic mass is 32.1. The standard InChI is InChI=1S/C13H12OS/c15-13-12(9-5-1-2-6-9)10-7-3-4-8-11(10)14-13/h1,3-5,7-9,15H,2,6H2. The maximum atomic E-state index is 5.64. The number of fused-ring (bicyclic) bond motifs is 1. The van der Waals surface area contributed by atoms with Crippen LogP contribution < -0.4 is 0 Å². The molecule has 15 heavy (non-hydrogen) atoms. The van der Waals surface area contributed by atoms with Crippen LogP contribution in [-0.4, -0.2) is 0 Å². The van der Waals surface area contributed by atoms with E-state index in [0.29, 0.717) is 5.92 Å². The van der Waals surface area contributed by atoms with Gasteiger partial charge in [-0.25, -0.2) is 0 Å². The van der Waals surface area contributed by atoms with Gasteiger partial charge in [-0.05, 0) is 18.9 Å². The lowest BCUT2D eigenvalue weighted by atomic mass is 9.98. The normalized spacial score (nSPS) is 20.2. The molecule has 1 aromatic carbocycles. The lowest BCUT2D eigenvalue weighted by Crippen LogP contribution is -1.90. The molecule has 1 nitrogen and oxygen atoms in total. The van der Waals surface area contributed by atoms with Crippen LogP contribution in [0.15, 0.2) is 45.9 Å². The number of allylic oxidation sites excluding steroid dienone is 2. The van der Waals surface area contributed by atoms with Gasteiger partial charge in [0.1, 0.15) is 5.58 Å². The van der Waals surface area contributed by atoms with Crippen molar-refractivity contribution in [2.24, 2.45) is 0 Å². The van der Waals surface area contributed by atoms with Crippen LogP contribution in [0.2, 0.25) is 0 Å². The Balaban J connectivity index is 2.23. The van der Waals surface area contributed by atoms with Gasteiger partial charge in [-0.2, -0.15) is 0 Å². The highest BCUT2D eigenvalue weighted by molar-refractivity contribution is 7.80. The summed E-state index contributed by atoms with van der Waals surface area (Å²) in [5.74, 6) is 0.487. The molecule has 1 aliphatic rings. The number of para-hydroxylation sites is 1. The fraction of sp³-hybridized carbons (Fsp3) is 0.231. The van der Waals surface area contributed by atoms with Crippen LogP contribution in [0.1, 0.15) is 24.3 Å². The molecule has 0 radical (unpaired) electrons. The van der Waals surface area contributed by atoms with E-state index in [1.165, 1.54) is 17.4 Å².